The Balaban J connectivity index is 1.72. The lowest BCUT2D eigenvalue weighted by molar-refractivity contribution is 0.517. The minimum absolute atomic E-state index is 0.314. The first-order valence-electron chi connectivity index (χ1n) is 6.39. The maximum Gasteiger partial charge on any atom is 0.249 e. The average Bonchev–Trinajstić information content (AvgIpc) is 3.04. The summed E-state index contributed by atoms with van der Waals surface area (Å²) in [6.45, 7) is 0.503. The van der Waals surface area contributed by atoms with Crippen LogP contribution in [0.4, 0.5) is 17.5 Å². The van der Waals surface area contributed by atoms with Crippen LogP contribution >= 0.6 is 23.2 Å². The highest BCUT2D eigenvalue weighted by Gasteiger charge is 2.07. The van der Waals surface area contributed by atoms with Crippen LogP contribution in [0.3, 0.4) is 0 Å². The molecule has 0 radical (unpaired) electrons. The molecule has 3 aromatic rings. The van der Waals surface area contributed by atoms with E-state index in [2.05, 4.69) is 25.8 Å². The molecule has 0 aliphatic heterocycles. The van der Waals surface area contributed by atoms with Gasteiger partial charge in [-0.15, -0.1) is 5.10 Å². The maximum absolute atomic E-state index is 6.11. The third-order valence-corrected chi connectivity index (χ3v) is 3.60. The number of nitrogens with zero attached hydrogens (tertiary/aromatic N) is 3. The smallest absolute Gasteiger partial charge is 0.249 e. The Labute approximate surface area is 136 Å². The van der Waals surface area contributed by atoms with Crippen LogP contribution in [0.25, 0.3) is 0 Å². The minimum atomic E-state index is 0.314. The van der Waals surface area contributed by atoms with Gasteiger partial charge in [-0.2, -0.15) is 10.1 Å². The highest BCUT2D eigenvalue weighted by molar-refractivity contribution is 6.43. The number of aromatic nitrogens is 3. The van der Waals surface area contributed by atoms with Crippen LogP contribution in [0, 0.1) is 0 Å². The van der Waals surface area contributed by atoms with Crippen molar-refractivity contribution in [2.45, 2.75) is 6.54 Å². The van der Waals surface area contributed by atoms with Crippen LogP contribution in [0.1, 0.15) is 5.76 Å². The summed E-state index contributed by atoms with van der Waals surface area (Å²) < 4.78 is 5.24. The summed E-state index contributed by atoms with van der Waals surface area (Å²) in [5.41, 5.74) is 0.610. The fraction of sp³-hybridized carbons (Fsp3) is 0.0714. The zero-order valence-corrected chi connectivity index (χ0v) is 12.8. The Hall–Kier alpha value is -2.31. The Morgan fingerprint density at radius 3 is 2.86 bits per heavy atom. The second kappa shape index (κ2) is 6.64. The number of halogens is 2. The largest absolute Gasteiger partial charge is 0.467 e. The molecular weight excluding hydrogens is 325 g/mol. The van der Waals surface area contributed by atoms with E-state index in [0.29, 0.717) is 34.0 Å². The third-order valence-electron chi connectivity index (χ3n) is 2.78. The summed E-state index contributed by atoms with van der Waals surface area (Å²) >= 11 is 12.1. The molecule has 2 aromatic heterocycles. The number of furan rings is 1. The van der Waals surface area contributed by atoms with Crippen molar-refractivity contribution >= 4 is 40.7 Å². The van der Waals surface area contributed by atoms with E-state index >= 15 is 0 Å². The molecule has 0 amide bonds. The first-order chi connectivity index (χ1) is 10.7. The van der Waals surface area contributed by atoms with Crippen LogP contribution in [0.5, 0.6) is 0 Å². The highest BCUT2D eigenvalue weighted by atomic mass is 35.5. The predicted molar refractivity (Wildman–Crippen MR) is 85.6 cm³/mol. The SMILES string of the molecule is Clc1cccc(Nc2nncc(NCc3ccco3)n2)c1Cl. The molecule has 3 rings (SSSR count). The first-order valence-corrected chi connectivity index (χ1v) is 7.15. The normalized spacial score (nSPS) is 10.5. The van der Waals surface area contributed by atoms with Crippen molar-refractivity contribution in [3.8, 4) is 0 Å². The van der Waals surface area contributed by atoms with Gasteiger partial charge in [-0.05, 0) is 24.3 Å². The van der Waals surface area contributed by atoms with Crippen molar-refractivity contribution in [1.29, 1.82) is 0 Å². The van der Waals surface area contributed by atoms with Crippen LogP contribution < -0.4 is 10.6 Å². The Kier molecular flexibility index (Phi) is 4.41. The molecule has 0 saturated heterocycles. The predicted octanol–water partition coefficient (Wildman–Crippen LogP) is 4.13. The Morgan fingerprint density at radius 1 is 1.14 bits per heavy atom. The molecule has 0 spiro atoms. The fourth-order valence-electron chi connectivity index (χ4n) is 1.75. The van der Waals surface area contributed by atoms with Gasteiger partial charge in [0, 0.05) is 0 Å². The second-order valence-electron chi connectivity index (χ2n) is 4.32. The maximum atomic E-state index is 6.11. The molecule has 8 heteroatoms. The Morgan fingerprint density at radius 2 is 2.05 bits per heavy atom. The van der Waals surface area contributed by atoms with Gasteiger partial charge in [0.1, 0.15) is 5.76 Å². The number of nitrogens with one attached hydrogen (secondary N) is 2. The van der Waals surface area contributed by atoms with Crippen molar-refractivity contribution in [3.05, 3.63) is 58.6 Å². The Bertz CT molecular complexity index is 764. The first kappa shape index (κ1) is 14.6. The van der Waals surface area contributed by atoms with Crippen LogP contribution in [0.15, 0.2) is 47.2 Å². The molecule has 0 fully saturated rings. The lowest BCUT2D eigenvalue weighted by Crippen LogP contribution is -2.05. The number of benzene rings is 1. The van der Waals surface area contributed by atoms with E-state index in [1.54, 1.807) is 24.5 Å². The molecule has 1 aromatic carbocycles. The van der Waals surface area contributed by atoms with E-state index in [0.717, 1.165) is 5.76 Å². The van der Waals surface area contributed by atoms with Crippen molar-refractivity contribution in [1.82, 2.24) is 15.2 Å². The molecule has 6 nitrogen and oxygen atoms in total. The molecule has 0 unspecified atom stereocenters. The molecule has 0 bridgehead atoms. The zero-order chi connectivity index (χ0) is 15.4. The fourth-order valence-corrected chi connectivity index (χ4v) is 2.10. The zero-order valence-electron chi connectivity index (χ0n) is 11.3. The molecule has 112 valence electrons. The van der Waals surface area contributed by atoms with E-state index in [-0.39, 0.29) is 0 Å². The highest BCUT2D eigenvalue weighted by Crippen LogP contribution is 2.30. The van der Waals surface area contributed by atoms with Gasteiger partial charge in [0.25, 0.3) is 0 Å². The van der Waals surface area contributed by atoms with Gasteiger partial charge in [0.05, 0.1) is 34.7 Å². The van der Waals surface area contributed by atoms with E-state index in [4.69, 9.17) is 27.6 Å². The average molecular weight is 336 g/mol. The quantitative estimate of drug-likeness (QED) is 0.730. The van der Waals surface area contributed by atoms with Gasteiger partial charge in [0.2, 0.25) is 5.95 Å². The number of hydrogen-bond acceptors (Lipinski definition) is 6. The van der Waals surface area contributed by atoms with E-state index < -0.39 is 0 Å². The number of anilines is 3. The molecule has 2 N–H and O–H groups in total. The van der Waals surface area contributed by atoms with Gasteiger partial charge in [-0.3, -0.25) is 0 Å². The third kappa shape index (κ3) is 3.47. The number of rotatable bonds is 5. The van der Waals surface area contributed by atoms with Crippen molar-refractivity contribution in [2.75, 3.05) is 10.6 Å². The summed E-state index contributed by atoms with van der Waals surface area (Å²) in [6, 6.07) is 8.95. The van der Waals surface area contributed by atoms with Crippen molar-refractivity contribution in [2.24, 2.45) is 0 Å². The van der Waals surface area contributed by atoms with Crippen LogP contribution in [0.2, 0.25) is 10.0 Å². The molecule has 0 atom stereocenters. The lowest BCUT2D eigenvalue weighted by atomic mass is 10.3. The second-order valence-corrected chi connectivity index (χ2v) is 5.11. The van der Waals surface area contributed by atoms with Crippen molar-refractivity contribution < 1.29 is 4.42 Å². The van der Waals surface area contributed by atoms with Gasteiger partial charge in [-0.25, -0.2) is 0 Å². The summed E-state index contributed by atoms with van der Waals surface area (Å²) in [6.07, 6.45) is 3.14. The molecule has 0 aliphatic rings. The van der Waals surface area contributed by atoms with Gasteiger partial charge in [-0.1, -0.05) is 29.3 Å². The molecular formula is C14H11Cl2N5O. The number of hydrogen-bond donors (Lipinski definition) is 2. The van der Waals surface area contributed by atoms with Crippen LogP contribution in [-0.4, -0.2) is 15.2 Å². The summed E-state index contributed by atoms with van der Waals surface area (Å²) in [7, 11) is 0. The summed E-state index contributed by atoms with van der Waals surface area (Å²) in [5, 5.41) is 14.7. The van der Waals surface area contributed by atoms with Gasteiger partial charge in [0.15, 0.2) is 5.82 Å². The summed E-state index contributed by atoms with van der Waals surface area (Å²) in [5.74, 6) is 1.67. The van der Waals surface area contributed by atoms with E-state index in [1.165, 1.54) is 6.20 Å². The van der Waals surface area contributed by atoms with E-state index in [1.807, 2.05) is 12.1 Å². The van der Waals surface area contributed by atoms with Crippen LogP contribution in [-0.2, 0) is 6.54 Å². The lowest BCUT2D eigenvalue weighted by Gasteiger charge is -2.08. The van der Waals surface area contributed by atoms with Crippen molar-refractivity contribution in [3.63, 3.8) is 0 Å². The monoisotopic (exact) mass is 335 g/mol. The molecule has 0 aliphatic carbocycles. The summed E-state index contributed by atoms with van der Waals surface area (Å²) in [4.78, 5) is 4.30. The topological polar surface area (TPSA) is 75.9 Å². The molecule has 2 heterocycles. The van der Waals surface area contributed by atoms with E-state index in [9.17, 15) is 0 Å². The molecule has 0 saturated carbocycles. The van der Waals surface area contributed by atoms with Gasteiger partial charge >= 0.3 is 0 Å². The van der Waals surface area contributed by atoms with Gasteiger partial charge < -0.3 is 15.1 Å². The molecule has 22 heavy (non-hydrogen) atoms. The standard InChI is InChI=1S/C14H11Cl2N5O/c15-10-4-1-5-11(13(10)16)19-14-20-12(8-18-21-14)17-7-9-3-2-6-22-9/h1-6,8H,7H2,(H2,17,19,20,21). The minimum Gasteiger partial charge on any atom is -0.467 e.